The van der Waals surface area contributed by atoms with Crippen molar-refractivity contribution in [2.24, 2.45) is 0 Å². The Morgan fingerprint density at radius 3 is 2.64 bits per heavy atom. The summed E-state index contributed by atoms with van der Waals surface area (Å²) in [4.78, 5) is 14.3. The van der Waals surface area contributed by atoms with E-state index >= 15 is 0 Å². The molecule has 0 fully saturated rings. The van der Waals surface area contributed by atoms with E-state index in [4.69, 9.17) is 17.3 Å². The Morgan fingerprint density at radius 1 is 1.64 bits per heavy atom. The average molecular weight is 332 g/mol. The van der Waals surface area contributed by atoms with Crippen LogP contribution in [0.2, 0.25) is 0 Å². The van der Waals surface area contributed by atoms with E-state index in [1.54, 1.807) is 22.6 Å². The van der Waals surface area contributed by atoms with Crippen LogP contribution in [0.5, 0.6) is 0 Å². The maximum Gasteiger partial charge on any atom is 0.272 e. The molecule has 0 unspecified atom stereocenters. The first-order valence-corrected chi connectivity index (χ1v) is 4.83. The average Bonchev–Trinajstić information content (AvgIpc) is 2.07. The number of rotatable bonds is 2. The largest absolute Gasteiger partial charge is 0.397 e. The second-order valence-corrected chi connectivity index (χ2v) is 3.75. The van der Waals surface area contributed by atoms with Crippen molar-refractivity contribution in [1.29, 1.82) is 0 Å². The lowest BCUT2D eigenvalue weighted by Crippen LogP contribution is -2.06. The van der Waals surface area contributed by atoms with Gasteiger partial charge in [-0.25, -0.2) is 13.8 Å². The highest BCUT2D eigenvalue weighted by Crippen LogP contribution is 2.26. The van der Waals surface area contributed by atoms with Crippen LogP contribution < -0.4 is 5.73 Å². The molecule has 0 atom stereocenters. The number of nitrogens with two attached hydrogens (primary N) is 1. The predicted molar refractivity (Wildman–Crippen MR) is 56.5 cm³/mol. The summed E-state index contributed by atoms with van der Waals surface area (Å²) in [6.07, 6.45) is -2.67. The van der Waals surface area contributed by atoms with Gasteiger partial charge in [0.2, 0.25) is 0 Å². The number of pyridine rings is 1. The molecule has 0 saturated heterocycles. The number of aromatic nitrogens is 1. The van der Waals surface area contributed by atoms with Crippen LogP contribution >= 0.6 is 34.2 Å². The smallest absolute Gasteiger partial charge is 0.272 e. The summed E-state index contributed by atoms with van der Waals surface area (Å²) >= 11 is 6.73. The van der Waals surface area contributed by atoms with Gasteiger partial charge in [-0.05, 0) is 40.3 Å². The number of hydrogen-bond donors (Lipinski definition) is 1. The van der Waals surface area contributed by atoms with E-state index in [1.807, 2.05) is 0 Å². The first-order chi connectivity index (χ1) is 6.43. The van der Waals surface area contributed by atoms with Crippen molar-refractivity contribution in [3.63, 3.8) is 0 Å². The van der Waals surface area contributed by atoms with Gasteiger partial charge < -0.3 is 5.73 Å². The second-order valence-electron chi connectivity index (χ2n) is 2.38. The number of carbonyl (C=O) groups is 1. The predicted octanol–water partition coefficient (Wildman–Crippen LogP) is 2.59. The number of anilines is 1. The third-order valence-corrected chi connectivity index (χ3v) is 2.50. The molecule has 0 radical (unpaired) electrons. The van der Waals surface area contributed by atoms with Crippen LogP contribution in [0.1, 0.15) is 22.5 Å². The fourth-order valence-electron chi connectivity index (χ4n) is 0.833. The number of hydrogen-bond acceptors (Lipinski definition) is 3. The van der Waals surface area contributed by atoms with Gasteiger partial charge in [0.05, 0.1) is 11.3 Å². The van der Waals surface area contributed by atoms with Gasteiger partial charge in [0, 0.05) is 0 Å². The molecule has 0 aliphatic rings. The number of nitrogens with zero attached hydrogens (tertiary/aromatic N) is 1. The SMILES string of the molecule is Nc1cc(C(F)F)c(I)nc1C(=O)Cl. The zero-order valence-corrected chi connectivity index (χ0v) is 9.51. The molecule has 0 spiro atoms. The van der Waals surface area contributed by atoms with E-state index < -0.39 is 11.7 Å². The Balaban J connectivity index is 3.31. The summed E-state index contributed by atoms with van der Waals surface area (Å²) in [6, 6.07) is 1.01. The van der Waals surface area contributed by atoms with Gasteiger partial charge in [-0.2, -0.15) is 0 Å². The van der Waals surface area contributed by atoms with Crippen molar-refractivity contribution < 1.29 is 13.6 Å². The van der Waals surface area contributed by atoms with Gasteiger partial charge >= 0.3 is 0 Å². The number of carbonyl (C=O) groups excluding carboxylic acids is 1. The van der Waals surface area contributed by atoms with Gasteiger partial charge in [0.25, 0.3) is 11.7 Å². The Kier molecular flexibility index (Phi) is 3.59. The highest BCUT2D eigenvalue weighted by Gasteiger charge is 2.18. The summed E-state index contributed by atoms with van der Waals surface area (Å²) in [5.74, 6) is 0. The van der Waals surface area contributed by atoms with E-state index in [0.29, 0.717) is 0 Å². The fraction of sp³-hybridized carbons (Fsp3) is 0.143. The molecule has 0 bridgehead atoms. The van der Waals surface area contributed by atoms with E-state index in [-0.39, 0.29) is 20.6 Å². The third-order valence-electron chi connectivity index (χ3n) is 1.45. The molecule has 7 heteroatoms. The van der Waals surface area contributed by atoms with E-state index in [1.165, 1.54) is 0 Å². The van der Waals surface area contributed by atoms with Crippen LogP contribution in [0.4, 0.5) is 14.5 Å². The molecule has 0 amide bonds. The monoisotopic (exact) mass is 332 g/mol. The van der Waals surface area contributed by atoms with Crippen LogP contribution in [0.3, 0.4) is 0 Å². The molecule has 2 N–H and O–H groups in total. The van der Waals surface area contributed by atoms with Crippen molar-refractivity contribution in [3.8, 4) is 0 Å². The topological polar surface area (TPSA) is 56.0 Å². The summed E-state index contributed by atoms with van der Waals surface area (Å²) < 4.78 is 24.7. The van der Waals surface area contributed by atoms with Gasteiger partial charge in [-0.1, -0.05) is 0 Å². The number of nitrogen functional groups attached to an aromatic ring is 1. The van der Waals surface area contributed by atoms with Crippen molar-refractivity contribution in [3.05, 3.63) is 21.0 Å². The van der Waals surface area contributed by atoms with Crippen LogP contribution in [0.15, 0.2) is 6.07 Å². The fourth-order valence-corrected chi connectivity index (χ4v) is 1.62. The molecule has 76 valence electrons. The maximum absolute atomic E-state index is 12.3. The zero-order chi connectivity index (χ0) is 10.9. The third kappa shape index (κ3) is 2.30. The van der Waals surface area contributed by atoms with E-state index in [2.05, 4.69) is 4.98 Å². The molecule has 1 heterocycles. The summed E-state index contributed by atoms with van der Waals surface area (Å²) in [5.41, 5.74) is 4.69. The van der Waals surface area contributed by atoms with Crippen LogP contribution in [0.25, 0.3) is 0 Å². The molecule has 3 nitrogen and oxygen atoms in total. The molecule has 0 aromatic carbocycles. The van der Waals surface area contributed by atoms with Crippen molar-refractivity contribution in [2.45, 2.75) is 6.43 Å². The van der Waals surface area contributed by atoms with Gasteiger partial charge in [-0.15, -0.1) is 0 Å². The molecular weight excluding hydrogens is 328 g/mol. The van der Waals surface area contributed by atoms with Gasteiger partial charge in [-0.3, -0.25) is 4.79 Å². The van der Waals surface area contributed by atoms with Gasteiger partial charge in [0.15, 0.2) is 0 Å². The molecule has 1 aromatic rings. The maximum atomic E-state index is 12.3. The van der Waals surface area contributed by atoms with Crippen LogP contribution in [-0.2, 0) is 0 Å². The quantitative estimate of drug-likeness (QED) is 0.514. The number of halogens is 4. The minimum atomic E-state index is -2.67. The molecular formula is C7H4ClF2IN2O. The Morgan fingerprint density at radius 2 is 2.21 bits per heavy atom. The van der Waals surface area contributed by atoms with E-state index in [0.717, 1.165) is 6.07 Å². The molecule has 0 aliphatic heterocycles. The minimum Gasteiger partial charge on any atom is -0.397 e. The van der Waals surface area contributed by atoms with E-state index in [9.17, 15) is 13.6 Å². The Hall–Kier alpha value is -0.500. The molecule has 1 rings (SSSR count). The minimum absolute atomic E-state index is 0.0239. The lowest BCUT2D eigenvalue weighted by molar-refractivity contribution is 0.107. The standard InChI is InChI=1S/C7H4ClF2IN2O/c8-5(14)4-3(12)1-2(6(9)10)7(11)13-4/h1,6H,12H2. The lowest BCUT2D eigenvalue weighted by atomic mass is 10.2. The molecule has 14 heavy (non-hydrogen) atoms. The normalized spacial score (nSPS) is 10.6. The summed E-state index contributed by atoms with van der Waals surface area (Å²) in [5, 5.41) is -0.860. The highest BCUT2D eigenvalue weighted by molar-refractivity contribution is 14.1. The van der Waals surface area contributed by atoms with Gasteiger partial charge in [0.1, 0.15) is 9.39 Å². The molecule has 0 aliphatic carbocycles. The summed E-state index contributed by atoms with van der Waals surface area (Å²) in [7, 11) is 0. The second kappa shape index (κ2) is 4.35. The Labute approximate surface area is 96.8 Å². The first-order valence-electron chi connectivity index (χ1n) is 3.37. The zero-order valence-electron chi connectivity index (χ0n) is 6.60. The first kappa shape index (κ1) is 11.6. The van der Waals surface area contributed by atoms with Crippen molar-refractivity contribution in [1.82, 2.24) is 4.98 Å². The highest BCUT2D eigenvalue weighted by atomic mass is 127. The van der Waals surface area contributed by atoms with Crippen LogP contribution in [-0.4, -0.2) is 10.2 Å². The summed E-state index contributed by atoms with van der Waals surface area (Å²) in [6.45, 7) is 0. The molecule has 0 saturated carbocycles. The Bertz CT molecular complexity index is 386. The van der Waals surface area contributed by atoms with Crippen molar-refractivity contribution in [2.75, 3.05) is 5.73 Å². The molecule has 1 aromatic heterocycles. The lowest BCUT2D eigenvalue weighted by Gasteiger charge is -2.06. The number of alkyl halides is 2. The van der Waals surface area contributed by atoms with Crippen LogP contribution in [0, 0.1) is 3.70 Å². The van der Waals surface area contributed by atoms with Crippen molar-refractivity contribution >= 4 is 45.1 Å².